The first-order valence-corrected chi connectivity index (χ1v) is 4.43. The summed E-state index contributed by atoms with van der Waals surface area (Å²) in [6.45, 7) is 1.93. The summed E-state index contributed by atoms with van der Waals surface area (Å²) in [5, 5.41) is 0. The van der Waals surface area contributed by atoms with Crippen molar-refractivity contribution in [1.82, 2.24) is 0 Å². The molecule has 14 heavy (non-hydrogen) atoms. The normalized spacial score (nSPS) is 11.9. The van der Waals surface area contributed by atoms with Gasteiger partial charge in [0.1, 0.15) is 0 Å². The summed E-state index contributed by atoms with van der Waals surface area (Å²) in [7, 11) is 0. The van der Waals surface area contributed by atoms with E-state index in [1.54, 1.807) is 0 Å². The summed E-state index contributed by atoms with van der Waals surface area (Å²) >= 11 is 0. The second kappa shape index (κ2) is 7.28. The predicted molar refractivity (Wildman–Crippen MR) is 49.0 cm³/mol. The number of hydrogen-bond donors (Lipinski definition) is 2. The molecule has 0 spiro atoms. The Kier molecular flexibility index (Phi) is 6.69. The van der Waals surface area contributed by atoms with Crippen LogP contribution in [0.3, 0.4) is 0 Å². The highest BCUT2D eigenvalue weighted by Gasteiger charge is 2.18. The number of carbonyl (C=O) groups is 2. The first-order chi connectivity index (χ1) is 6.61. The van der Waals surface area contributed by atoms with Gasteiger partial charge in [0.05, 0.1) is 13.2 Å². The Morgan fingerprint density at radius 3 is 2.57 bits per heavy atom. The molecule has 0 aromatic heterocycles. The van der Waals surface area contributed by atoms with Gasteiger partial charge in [-0.05, 0) is 6.42 Å². The SMILES string of the molecule is CCCCOC(=O)C(N)OC(=O)CN. The van der Waals surface area contributed by atoms with E-state index in [9.17, 15) is 9.59 Å². The van der Waals surface area contributed by atoms with Gasteiger partial charge in [-0.25, -0.2) is 4.79 Å². The topological polar surface area (TPSA) is 105 Å². The standard InChI is InChI=1S/C8H16N2O4/c1-2-3-4-13-8(12)7(10)14-6(11)5-9/h7H,2-5,9-10H2,1H3. The molecule has 0 aliphatic heterocycles. The Morgan fingerprint density at radius 2 is 2.07 bits per heavy atom. The molecule has 6 heteroatoms. The average Bonchev–Trinajstić information content (AvgIpc) is 2.17. The highest BCUT2D eigenvalue weighted by atomic mass is 16.6. The molecule has 0 aliphatic rings. The van der Waals surface area contributed by atoms with Crippen LogP contribution in [0, 0.1) is 0 Å². The van der Waals surface area contributed by atoms with Crippen molar-refractivity contribution in [3.8, 4) is 0 Å². The van der Waals surface area contributed by atoms with Gasteiger partial charge in [0, 0.05) is 0 Å². The van der Waals surface area contributed by atoms with E-state index in [0.29, 0.717) is 0 Å². The maximum atomic E-state index is 11.0. The lowest BCUT2D eigenvalue weighted by molar-refractivity contribution is -0.166. The maximum Gasteiger partial charge on any atom is 0.362 e. The number of unbranched alkanes of at least 4 members (excludes halogenated alkanes) is 1. The number of esters is 2. The summed E-state index contributed by atoms with van der Waals surface area (Å²) in [4.78, 5) is 21.6. The molecule has 0 amide bonds. The van der Waals surface area contributed by atoms with Crippen LogP contribution in [-0.2, 0) is 19.1 Å². The molecule has 82 valence electrons. The lowest BCUT2D eigenvalue weighted by Gasteiger charge is -2.11. The molecular formula is C8H16N2O4. The van der Waals surface area contributed by atoms with Crippen LogP contribution in [0.4, 0.5) is 0 Å². The molecule has 4 N–H and O–H groups in total. The average molecular weight is 204 g/mol. The maximum absolute atomic E-state index is 11.0. The van der Waals surface area contributed by atoms with E-state index in [0.717, 1.165) is 12.8 Å². The zero-order chi connectivity index (χ0) is 11.0. The number of hydrogen-bond acceptors (Lipinski definition) is 6. The van der Waals surface area contributed by atoms with Crippen LogP contribution in [0.5, 0.6) is 0 Å². The fraction of sp³-hybridized carbons (Fsp3) is 0.750. The number of rotatable bonds is 6. The second-order valence-electron chi connectivity index (χ2n) is 2.64. The van der Waals surface area contributed by atoms with Crippen LogP contribution in [0.2, 0.25) is 0 Å². The van der Waals surface area contributed by atoms with Gasteiger partial charge in [-0.1, -0.05) is 13.3 Å². The fourth-order valence-electron chi connectivity index (χ4n) is 0.637. The number of ether oxygens (including phenoxy) is 2. The van der Waals surface area contributed by atoms with Gasteiger partial charge in [-0.15, -0.1) is 0 Å². The van der Waals surface area contributed by atoms with Gasteiger partial charge in [0.15, 0.2) is 0 Å². The molecular weight excluding hydrogens is 188 g/mol. The Bertz CT molecular complexity index is 196. The molecule has 0 rings (SSSR count). The van der Waals surface area contributed by atoms with E-state index >= 15 is 0 Å². The first kappa shape index (κ1) is 12.9. The molecule has 0 saturated heterocycles. The van der Waals surface area contributed by atoms with Crippen molar-refractivity contribution in [1.29, 1.82) is 0 Å². The molecule has 0 heterocycles. The van der Waals surface area contributed by atoms with Crippen molar-refractivity contribution < 1.29 is 19.1 Å². The molecule has 1 atom stereocenters. The minimum absolute atomic E-state index is 0.281. The molecule has 0 radical (unpaired) electrons. The minimum Gasteiger partial charge on any atom is -0.462 e. The Balaban J connectivity index is 3.70. The van der Waals surface area contributed by atoms with Crippen molar-refractivity contribution in [3.05, 3.63) is 0 Å². The van der Waals surface area contributed by atoms with Crippen LogP contribution in [0.25, 0.3) is 0 Å². The molecule has 0 aromatic carbocycles. The minimum atomic E-state index is -1.37. The van der Waals surface area contributed by atoms with E-state index in [2.05, 4.69) is 4.74 Å². The third-order valence-corrected chi connectivity index (χ3v) is 1.40. The highest BCUT2D eigenvalue weighted by Crippen LogP contribution is 1.93. The van der Waals surface area contributed by atoms with E-state index < -0.39 is 18.2 Å². The smallest absolute Gasteiger partial charge is 0.362 e. The Hall–Kier alpha value is -1.14. The van der Waals surface area contributed by atoms with Crippen LogP contribution < -0.4 is 11.5 Å². The van der Waals surface area contributed by atoms with Crippen molar-refractivity contribution in [2.75, 3.05) is 13.2 Å². The van der Waals surface area contributed by atoms with E-state index in [1.165, 1.54) is 0 Å². The Labute approximate surface area is 82.5 Å². The van der Waals surface area contributed by atoms with Crippen LogP contribution in [0.15, 0.2) is 0 Å². The molecule has 0 aromatic rings. The predicted octanol–water partition coefficient (Wildman–Crippen LogP) is -0.884. The van der Waals surface area contributed by atoms with Crippen LogP contribution in [0.1, 0.15) is 19.8 Å². The fourth-order valence-corrected chi connectivity index (χ4v) is 0.637. The van der Waals surface area contributed by atoms with Gasteiger partial charge in [-0.2, -0.15) is 0 Å². The first-order valence-electron chi connectivity index (χ1n) is 4.43. The summed E-state index contributed by atoms with van der Waals surface area (Å²) < 4.78 is 9.14. The van der Waals surface area contributed by atoms with Crippen molar-refractivity contribution in [2.24, 2.45) is 11.5 Å². The lowest BCUT2D eigenvalue weighted by atomic mass is 10.4. The van der Waals surface area contributed by atoms with Gasteiger partial charge in [-0.3, -0.25) is 10.5 Å². The zero-order valence-electron chi connectivity index (χ0n) is 8.19. The largest absolute Gasteiger partial charge is 0.462 e. The number of carbonyl (C=O) groups excluding carboxylic acids is 2. The van der Waals surface area contributed by atoms with Gasteiger partial charge >= 0.3 is 11.9 Å². The summed E-state index contributed by atoms with van der Waals surface area (Å²) in [5.41, 5.74) is 10.2. The summed E-state index contributed by atoms with van der Waals surface area (Å²) in [6.07, 6.45) is 0.289. The molecule has 0 aliphatic carbocycles. The van der Waals surface area contributed by atoms with E-state index in [4.69, 9.17) is 16.2 Å². The molecule has 0 fully saturated rings. The van der Waals surface area contributed by atoms with Gasteiger partial charge < -0.3 is 15.2 Å². The van der Waals surface area contributed by atoms with Crippen LogP contribution >= 0.6 is 0 Å². The van der Waals surface area contributed by atoms with Crippen LogP contribution in [-0.4, -0.2) is 31.3 Å². The summed E-state index contributed by atoms with van der Waals surface area (Å²) in [6, 6.07) is 0. The quantitative estimate of drug-likeness (QED) is 0.330. The van der Waals surface area contributed by atoms with E-state index in [-0.39, 0.29) is 13.2 Å². The van der Waals surface area contributed by atoms with Crippen molar-refractivity contribution >= 4 is 11.9 Å². The highest BCUT2D eigenvalue weighted by molar-refractivity contribution is 5.79. The third-order valence-electron chi connectivity index (χ3n) is 1.40. The van der Waals surface area contributed by atoms with Gasteiger partial charge in [0.25, 0.3) is 0 Å². The molecule has 6 nitrogen and oxygen atoms in total. The number of nitrogens with two attached hydrogens (primary N) is 2. The van der Waals surface area contributed by atoms with Crippen molar-refractivity contribution in [3.63, 3.8) is 0 Å². The lowest BCUT2D eigenvalue weighted by Crippen LogP contribution is -2.38. The molecule has 1 unspecified atom stereocenters. The van der Waals surface area contributed by atoms with Crippen molar-refractivity contribution in [2.45, 2.75) is 26.0 Å². The monoisotopic (exact) mass is 204 g/mol. The Morgan fingerprint density at radius 1 is 1.43 bits per heavy atom. The summed E-state index contributed by atoms with van der Waals surface area (Å²) in [5.74, 6) is -1.48. The van der Waals surface area contributed by atoms with E-state index in [1.807, 2.05) is 6.92 Å². The molecule has 0 bridgehead atoms. The van der Waals surface area contributed by atoms with Gasteiger partial charge in [0.2, 0.25) is 6.23 Å². The molecule has 0 saturated carbocycles. The second-order valence-corrected chi connectivity index (χ2v) is 2.64. The zero-order valence-corrected chi connectivity index (χ0v) is 8.19. The third kappa shape index (κ3) is 5.50.